The summed E-state index contributed by atoms with van der Waals surface area (Å²) in [4.78, 5) is 2.55. The number of ether oxygens (including phenoxy) is 1. The summed E-state index contributed by atoms with van der Waals surface area (Å²) in [5.74, 6) is 0. The van der Waals surface area contributed by atoms with Crippen molar-refractivity contribution in [3.63, 3.8) is 0 Å². The average Bonchev–Trinajstić information content (AvgIpc) is 2.50. The highest BCUT2D eigenvalue weighted by Crippen LogP contribution is 2.30. The molecule has 112 valence electrons. The van der Waals surface area contributed by atoms with Gasteiger partial charge in [-0.05, 0) is 37.3 Å². The van der Waals surface area contributed by atoms with Crippen molar-refractivity contribution in [1.82, 2.24) is 4.90 Å². The molecule has 2 N–H and O–H groups in total. The first-order valence-electron chi connectivity index (χ1n) is 7.75. The van der Waals surface area contributed by atoms with Crippen LogP contribution in [0.5, 0.6) is 0 Å². The Labute approximate surface area is 123 Å². The maximum Gasteiger partial charge on any atom is 0.0595 e. The van der Waals surface area contributed by atoms with Crippen LogP contribution in [0.4, 0.5) is 0 Å². The summed E-state index contributed by atoms with van der Waals surface area (Å²) in [6.07, 6.45) is 3.63. The number of aryl methyl sites for hydroxylation is 1. The Bertz CT molecular complexity index is 413. The fourth-order valence-electron chi connectivity index (χ4n) is 3.23. The van der Waals surface area contributed by atoms with E-state index < -0.39 is 0 Å². The average molecular weight is 276 g/mol. The van der Waals surface area contributed by atoms with Gasteiger partial charge in [0.15, 0.2) is 0 Å². The lowest BCUT2D eigenvalue weighted by atomic mass is 9.91. The number of nitrogens with two attached hydrogens (primary N) is 1. The van der Waals surface area contributed by atoms with E-state index in [2.05, 4.69) is 43.0 Å². The van der Waals surface area contributed by atoms with Gasteiger partial charge in [0.2, 0.25) is 0 Å². The molecule has 20 heavy (non-hydrogen) atoms. The lowest BCUT2D eigenvalue weighted by Gasteiger charge is -2.40. The minimum atomic E-state index is 0.190. The van der Waals surface area contributed by atoms with Gasteiger partial charge in [0, 0.05) is 26.2 Å². The molecule has 2 rings (SSSR count). The summed E-state index contributed by atoms with van der Waals surface area (Å²) in [5.41, 5.74) is 9.17. The van der Waals surface area contributed by atoms with Gasteiger partial charge in [-0.15, -0.1) is 0 Å². The highest BCUT2D eigenvalue weighted by atomic mass is 16.5. The van der Waals surface area contributed by atoms with Crippen molar-refractivity contribution in [2.24, 2.45) is 5.73 Å². The van der Waals surface area contributed by atoms with Gasteiger partial charge in [0.1, 0.15) is 0 Å². The van der Waals surface area contributed by atoms with Crippen LogP contribution in [0.15, 0.2) is 24.3 Å². The standard InChI is InChI=1S/C17H28N2O/c1-4-16(18)17(15-8-6-5-7-13(15)2)19-11-9-14(20-3)10-12-19/h5-8,14,16-17H,4,9-12,18H2,1-3H3. The Hall–Kier alpha value is -0.900. The van der Waals surface area contributed by atoms with E-state index in [0.717, 1.165) is 32.4 Å². The van der Waals surface area contributed by atoms with Crippen LogP contribution in [0, 0.1) is 6.92 Å². The molecule has 2 unspecified atom stereocenters. The van der Waals surface area contributed by atoms with Crippen molar-refractivity contribution >= 4 is 0 Å². The molecular formula is C17H28N2O. The summed E-state index contributed by atoms with van der Waals surface area (Å²) in [6, 6.07) is 9.17. The number of benzene rings is 1. The minimum Gasteiger partial charge on any atom is -0.381 e. The Morgan fingerprint density at radius 3 is 2.50 bits per heavy atom. The third kappa shape index (κ3) is 3.40. The zero-order valence-electron chi connectivity index (χ0n) is 13.0. The van der Waals surface area contributed by atoms with E-state index in [9.17, 15) is 0 Å². The summed E-state index contributed by atoms with van der Waals surface area (Å²) in [7, 11) is 1.82. The lowest BCUT2D eigenvalue weighted by Crippen LogP contribution is -2.46. The second-order valence-corrected chi connectivity index (χ2v) is 5.84. The first kappa shape index (κ1) is 15.5. The van der Waals surface area contributed by atoms with Gasteiger partial charge in [-0.2, -0.15) is 0 Å². The number of piperidine rings is 1. The van der Waals surface area contributed by atoms with Gasteiger partial charge in [-0.1, -0.05) is 31.2 Å². The van der Waals surface area contributed by atoms with Crippen molar-refractivity contribution in [2.75, 3.05) is 20.2 Å². The summed E-state index contributed by atoms with van der Waals surface area (Å²) in [5, 5.41) is 0. The highest BCUT2D eigenvalue weighted by molar-refractivity contribution is 5.30. The van der Waals surface area contributed by atoms with Gasteiger partial charge in [-0.3, -0.25) is 4.90 Å². The van der Waals surface area contributed by atoms with Crippen LogP contribution in [0.25, 0.3) is 0 Å². The molecule has 0 aromatic heterocycles. The van der Waals surface area contributed by atoms with E-state index in [1.807, 2.05) is 7.11 Å². The lowest BCUT2D eigenvalue weighted by molar-refractivity contribution is 0.0221. The molecule has 1 aliphatic rings. The maximum atomic E-state index is 6.44. The second-order valence-electron chi connectivity index (χ2n) is 5.84. The van der Waals surface area contributed by atoms with E-state index in [-0.39, 0.29) is 6.04 Å². The topological polar surface area (TPSA) is 38.5 Å². The van der Waals surface area contributed by atoms with E-state index >= 15 is 0 Å². The third-order valence-corrected chi connectivity index (χ3v) is 4.59. The Kier molecular flexibility index (Phi) is 5.58. The van der Waals surface area contributed by atoms with Crippen LogP contribution in [0.2, 0.25) is 0 Å². The summed E-state index contributed by atoms with van der Waals surface area (Å²) < 4.78 is 5.48. The van der Waals surface area contributed by atoms with Crippen molar-refractivity contribution in [1.29, 1.82) is 0 Å². The zero-order valence-corrected chi connectivity index (χ0v) is 13.0. The highest BCUT2D eigenvalue weighted by Gasteiger charge is 2.30. The predicted octanol–water partition coefficient (Wildman–Crippen LogP) is 2.88. The summed E-state index contributed by atoms with van der Waals surface area (Å²) in [6.45, 7) is 6.51. The molecule has 0 aliphatic carbocycles. The molecule has 2 atom stereocenters. The van der Waals surface area contributed by atoms with Gasteiger partial charge in [-0.25, -0.2) is 0 Å². The minimum absolute atomic E-state index is 0.190. The van der Waals surface area contributed by atoms with Crippen molar-refractivity contribution < 1.29 is 4.74 Å². The molecule has 3 nitrogen and oxygen atoms in total. The molecule has 3 heteroatoms. The van der Waals surface area contributed by atoms with Crippen LogP contribution < -0.4 is 5.73 Å². The molecule has 0 bridgehead atoms. The molecule has 1 heterocycles. The molecule has 0 amide bonds. The number of hydrogen-bond acceptors (Lipinski definition) is 3. The third-order valence-electron chi connectivity index (χ3n) is 4.59. The van der Waals surface area contributed by atoms with E-state index in [0.29, 0.717) is 12.1 Å². The number of rotatable bonds is 5. The molecule has 0 spiro atoms. The first-order chi connectivity index (χ1) is 9.67. The molecule has 0 saturated carbocycles. The summed E-state index contributed by atoms with van der Waals surface area (Å²) >= 11 is 0. The molecular weight excluding hydrogens is 248 g/mol. The molecule has 0 radical (unpaired) electrons. The van der Waals surface area contributed by atoms with Crippen LogP contribution in [0.1, 0.15) is 43.4 Å². The van der Waals surface area contributed by atoms with Gasteiger partial charge in [0.05, 0.1) is 12.1 Å². The molecule has 1 fully saturated rings. The Morgan fingerprint density at radius 1 is 1.30 bits per heavy atom. The largest absolute Gasteiger partial charge is 0.381 e. The molecule has 1 saturated heterocycles. The van der Waals surface area contributed by atoms with Gasteiger partial charge in [0.25, 0.3) is 0 Å². The van der Waals surface area contributed by atoms with E-state index in [1.165, 1.54) is 11.1 Å². The van der Waals surface area contributed by atoms with Crippen molar-refractivity contribution in [2.45, 2.75) is 51.3 Å². The number of methoxy groups -OCH3 is 1. The van der Waals surface area contributed by atoms with Crippen LogP contribution in [-0.4, -0.2) is 37.2 Å². The Morgan fingerprint density at radius 2 is 1.95 bits per heavy atom. The van der Waals surface area contributed by atoms with E-state index in [1.54, 1.807) is 0 Å². The maximum absolute atomic E-state index is 6.44. The molecule has 1 aromatic carbocycles. The fourth-order valence-corrected chi connectivity index (χ4v) is 3.23. The van der Waals surface area contributed by atoms with Crippen LogP contribution >= 0.6 is 0 Å². The number of likely N-dealkylation sites (tertiary alicyclic amines) is 1. The van der Waals surface area contributed by atoms with Gasteiger partial charge < -0.3 is 10.5 Å². The smallest absolute Gasteiger partial charge is 0.0595 e. The quantitative estimate of drug-likeness (QED) is 0.898. The fraction of sp³-hybridized carbons (Fsp3) is 0.647. The first-order valence-corrected chi connectivity index (χ1v) is 7.75. The SMILES string of the molecule is CCC(N)C(c1ccccc1C)N1CCC(OC)CC1. The van der Waals surface area contributed by atoms with Crippen LogP contribution in [-0.2, 0) is 4.74 Å². The zero-order chi connectivity index (χ0) is 14.5. The van der Waals surface area contributed by atoms with Crippen molar-refractivity contribution in [3.8, 4) is 0 Å². The second kappa shape index (κ2) is 7.21. The Balaban J connectivity index is 2.19. The van der Waals surface area contributed by atoms with E-state index in [4.69, 9.17) is 10.5 Å². The number of hydrogen-bond donors (Lipinski definition) is 1. The molecule has 1 aromatic rings. The predicted molar refractivity (Wildman–Crippen MR) is 83.8 cm³/mol. The normalized spacial score (nSPS) is 20.8. The monoisotopic (exact) mass is 276 g/mol. The van der Waals surface area contributed by atoms with Gasteiger partial charge >= 0.3 is 0 Å². The molecule has 1 aliphatic heterocycles. The number of nitrogens with zero attached hydrogens (tertiary/aromatic N) is 1. The van der Waals surface area contributed by atoms with Crippen molar-refractivity contribution in [3.05, 3.63) is 35.4 Å². The van der Waals surface area contributed by atoms with Crippen LogP contribution in [0.3, 0.4) is 0 Å².